The highest BCUT2D eigenvalue weighted by molar-refractivity contribution is 6.03. The van der Waals surface area contributed by atoms with Crippen molar-refractivity contribution >= 4 is 11.4 Å². The zero-order valence-corrected chi connectivity index (χ0v) is 11.6. The van der Waals surface area contributed by atoms with Crippen LogP contribution in [0.25, 0.3) is 0 Å². The number of nitrogens with zero attached hydrogens (tertiary/aromatic N) is 1. The smallest absolute Gasteiger partial charge is 0.209 e. The summed E-state index contributed by atoms with van der Waals surface area (Å²) in [7, 11) is 4.04. The third-order valence-electron chi connectivity index (χ3n) is 3.57. The monoisotopic (exact) mass is 241 g/mol. The van der Waals surface area contributed by atoms with Gasteiger partial charge in [-0.1, -0.05) is 24.3 Å². The second kappa shape index (κ2) is 4.81. The number of hydrogen-bond donors (Lipinski definition) is 1. The van der Waals surface area contributed by atoms with Crippen molar-refractivity contribution in [2.45, 2.75) is 19.3 Å². The first-order valence-electron chi connectivity index (χ1n) is 6.30. The maximum absolute atomic E-state index is 2.99. The molecule has 0 saturated heterocycles. The van der Waals surface area contributed by atoms with E-state index in [1.165, 1.54) is 17.0 Å². The third kappa shape index (κ3) is 1.99. The van der Waals surface area contributed by atoms with Crippen molar-refractivity contribution in [3.05, 3.63) is 54.3 Å². The van der Waals surface area contributed by atoms with E-state index >= 15 is 0 Å². The fourth-order valence-corrected chi connectivity index (χ4v) is 2.60. The van der Waals surface area contributed by atoms with Crippen LogP contribution in [0.5, 0.6) is 0 Å². The highest BCUT2D eigenvalue weighted by atomic mass is 15.0. The summed E-state index contributed by atoms with van der Waals surface area (Å²) < 4.78 is 2.28. The van der Waals surface area contributed by atoms with Gasteiger partial charge in [-0.15, -0.1) is 0 Å². The molecule has 0 aromatic heterocycles. The number of rotatable bonds is 3. The molecule has 0 aliphatic carbocycles. The van der Waals surface area contributed by atoms with Crippen LogP contribution in [0.15, 0.2) is 48.7 Å². The van der Waals surface area contributed by atoms with Crippen LogP contribution >= 0.6 is 0 Å². The highest BCUT2D eigenvalue weighted by Crippen LogP contribution is 2.38. The van der Waals surface area contributed by atoms with E-state index in [9.17, 15) is 0 Å². The van der Waals surface area contributed by atoms with Gasteiger partial charge in [0.25, 0.3) is 0 Å². The van der Waals surface area contributed by atoms with Crippen molar-refractivity contribution in [2.75, 3.05) is 14.1 Å². The van der Waals surface area contributed by atoms with Crippen LogP contribution in [-0.4, -0.2) is 24.4 Å². The van der Waals surface area contributed by atoms with Gasteiger partial charge < -0.3 is 5.32 Å². The van der Waals surface area contributed by atoms with Crippen molar-refractivity contribution in [3.8, 4) is 0 Å². The molecule has 1 aliphatic rings. The summed E-state index contributed by atoms with van der Waals surface area (Å²) in [6, 6.07) is 8.61. The minimum atomic E-state index is 0.0648. The van der Waals surface area contributed by atoms with Crippen LogP contribution in [-0.2, 0) is 5.41 Å². The summed E-state index contributed by atoms with van der Waals surface area (Å²) in [6.07, 6.45) is 8.20. The molecule has 1 aromatic rings. The average Bonchev–Trinajstić information content (AvgIpc) is 2.55. The van der Waals surface area contributed by atoms with E-state index in [0.717, 1.165) is 0 Å². The Labute approximate surface area is 109 Å². The van der Waals surface area contributed by atoms with Crippen LogP contribution < -0.4 is 5.32 Å². The molecular weight excluding hydrogens is 220 g/mol. The van der Waals surface area contributed by atoms with E-state index in [0.29, 0.717) is 0 Å². The Morgan fingerprint density at radius 3 is 2.56 bits per heavy atom. The third-order valence-corrected chi connectivity index (χ3v) is 3.57. The fraction of sp³-hybridized carbons (Fsp3) is 0.312. The summed E-state index contributed by atoms with van der Waals surface area (Å²) >= 11 is 0. The molecule has 0 fully saturated rings. The molecule has 0 saturated carbocycles. The summed E-state index contributed by atoms with van der Waals surface area (Å²) in [4.78, 5) is 0. The maximum Gasteiger partial charge on any atom is 0.209 e. The van der Waals surface area contributed by atoms with Gasteiger partial charge >= 0.3 is 0 Å². The molecule has 0 atom stereocenters. The van der Waals surface area contributed by atoms with Crippen LogP contribution in [0.1, 0.15) is 19.4 Å². The largest absolute Gasteiger partial charge is 0.394 e. The van der Waals surface area contributed by atoms with Gasteiger partial charge in [0.15, 0.2) is 5.71 Å². The molecule has 0 bridgehead atoms. The van der Waals surface area contributed by atoms with Gasteiger partial charge in [-0.05, 0) is 26.1 Å². The van der Waals surface area contributed by atoms with Gasteiger partial charge in [0, 0.05) is 24.8 Å². The summed E-state index contributed by atoms with van der Waals surface area (Å²) in [5.74, 6) is 0. The first-order chi connectivity index (χ1) is 8.59. The minimum Gasteiger partial charge on any atom is -0.394 e. The number of nitrogens with one attached hydrogen (secondary N) is 1. The van der Waals surface area contributed by atoms with Gasteiger partial charge in [0.05, 0.1) is 5.41 Å². The lowest BCUT2D eigenvalue weighted by Gasteiger charge is -2.14. The first kappa shape index (κ1) is 12.6. The molecule has 1 N–H and O–H groups in total. The number of fused-ring (bicyclic) bond motifs is 1. The van der Waals surface area contributed by atoms with E-state index < -0.39 is 0 Å². The van der Waals surface area contributed by atoms with E-state index in [4.69, 9.17) is 0 Å². The molecule has 0 radical (unpaired) electrons. The molecule has 0 spiro atoms. The minimum absolute atomic E-state index is 0.0648. The zero-order chi connectivity index (χ0) is 13.2. The second-order valence-corrected chi connectivity index (χ2v) is 5.09. The lowest BCUT2D eigenvalue weighted by atomic mass is 9.81. The highest BCUT2D eigenvalue weighted by Gasteiger charge is 2.42. The van der Waals surface area contributed by atoms with Crippen LogP contribution in [0.2, 0.25) is 0 Å². The van der Waals surface area contributed by atoms with Gasteiger partial charge in [-0.25, -0.2) is 0 Å². The quantitative estimate of drug-likeness (QED) is 0.635. The van der Waals surface area contributed by atoms with E-state index in [1.807, 2.05) is 19.3 Å². The number of hydrogen-bond acceptors (Lipinski definition) is 1. The molecular formula is C16H21N2+. The Kier molecular flexibility index (Phi) is 3.37. The number of para-hydroxylation sites is 1. The molecule has 2 nitrogen and oxygen atoms in total. The Morgan fingerprint density at radius 1 is 1.17 bits per heavy atom. The summed E-state index contributed by atoms with van der Waals surface area (Å²) in [5, 5.41) is 2.99. The molecule has 2 rings (SSSR count). The summed E-state index contributed by atoms with van der Waals surface area (Å²) in [6.45, 7) is 4.55. The van der Waals surface area contributed by atoms with Crippen molar-refractivity contribution in [1.82, 2.24) is 5.32 Å². The molecule has 94 valence electrons. The van der Waals surface area contributed by atoms with Crippen molar-refractivity contribution in [2.24, 2.45) is 0 Å². The Hall–Kier alpha value is -1.83. The van der Waals surface area contributed by atoms with Crippen molar-refractivity contribution < 1.29 is 4.58 Å². The predicted molar refractivity (Wildman–Crippen MR) is 77.7 cm³/mol. The van der Waals surface area contributed by atoms with Gasteiger partial charge in [-0.2, -0.15) is 4.58 Å². The van der Waals surface area contributed by atoms with Crippen LogP contribution in [0, 0.1) is 0 Å². The Bertz CT molecular complexity index is 534. The van der Waals surface area contributed by atoms with Crippen LogP contribution in [0.4, 0.5) is 5.69 Å². The zero-order valence-electron chi connectivity index (χ0n) is 11.6. The molecule has 1 aliphatic heterocycles. The van der Waals surface area contributed by atoms with E-state index in [-0.39, 0.29) is 5.41 Å². The molecule has 18 heavy (non-hydrogen) atoms. The van der Waals surface area contributed by atoms with Gasteiger partial charge in [-0.3, -0.25) is 0 Å². The number of benzene rings is 1. The number of allylic oxidation sites excluding steroid dienone is 3. The fourth-order valence-electron chi connectivity index (χ4n) is 2.60. The predicted octanol–water partition coefficient (Wildman–Crippen LogP) is 2.98. The van der Waals surface area contributed by atoms with Gasteiger partial charge in [0.2, 0.25) is 5.69 Å². The molecule has 0 amide bonds. The van der Waals surface area contributed by atoms with Crippen LogP contribution in [0.3, 0.4) is 0 Å². The second-order valence-electron chi connectivity index (χ2n) is 5.09. The van der Waals surface area contributed by atoms with Crippen molar-refractivity contribution in [1.29, 1.82) is 0 Å². The molecule has 1 heterocycles. The molecule has 0 unspecified atom stereocenters. The Morgan fingerprint density at radius 2 is 1.89 bits per heavy atom. The average molecular weight is 241 g/mol. The standard InChI is InChI=1S/C16H20N2/c1-16(2)13-9-5-6-10-14(13)18(4)15(16)11-7-8-12-17-3/h5-12H,1-4H3/p+1. The van der Waals surface area contributed by atoms with Gasteiger partial charge in [0.1, 0.15) is 7.05 Å². The summed E-state index contributed by atoms with van der Waals surface area (Å²) in [5.41, 5.74) is 4.09. The first-order valence-corrected chi connectivity index (χ1v) is 6.30. The normalized spacial score (nSPS) is 17.8. The SMILES string of the molecule is CN/C=C/C=C/C1=[N+](C)c2ccccc2C1(C)C. The topological polar surface area (TPSA) is 15.0 Å². The van der Waals surface area contributed by atoms with E-state index in [1.54, 1.807) is 0 Å². The lowest BCUT2D eigenvalue weighted by Crippen LogP contribution is -2.26. The molecule has 1 aromatic carbocycles. The Balaban J connectivity index is 2.41. The van der Waals surface area contributed by atoms with Crippen molar-refractivity contribution in [3.63, 3.8) is 0 Å². The maximum atomic E-state index is 2.99. The molecule has 2 heteroatoms. The lowest BCUT2D eigenvalue weighted by molar-refractivity contribution is -0.401. The van der Waals surface area contributed by atoms with E-state index in [2.05, 4.69) is 67.2 Å².